The predicted octanol–water partition coefficient (Wildman–Crippen LogP) is 1.53. The summed E-state index contributed by atoms with van der Waals surface area (Å²) in [5.74, 6) is -0.397. The van der Waals surface area contributed by atoms with Crippen LogP contribution in [0.2, 0.25) is 0 Å². The summed E-state index contributed by atoms with van der Waals surface area (Å²) in [4.78, 5) is 13.2. The number of likely N-dealkylation sites (N-methyl/N-ethyl adjacent to an activating group) is 1. The van der Waals surface area contributed by atoms with Crippen molar-refractivity contribution in [2.24, 2.45) is 5.73 Å². The molecule has 4 heteroatoms. The molecule has 0 bridgehead atoms. The minimum atomic E-state index is -0.397. The lowest BCUT2D eigenvalue weighted by Gasteiger charge is -2.18. The molecule has 0 spiro atoms. The van der Waals surface area contributed by atoms with Gasteiger partial charge in [-0.2, -0.15) is 0 Å². The van der Waals surface area contributed by atoms with E-state index in [0.717, 1.165) is 5.69 Å². The third-order valence-corrected chi connectivity index (χ3v) is 2.21. The van der Waals surface area contributed by atoms with Crippen molar-refractivity contribution in [3.63, 3.8) is 0 Å². The van der Waals surface area contributed by atoms with Crippen molar-refractivity contribution in [3.05, 3.63) is 42.1 Å². The van der Waals surface area contributed by atoms with Crippen LogP contribution in [-0.4, -0.2) is 26.2 Å². The molecule has 0 saturated carbocycles. The molecule has 1 aromatic carbocycles. The molecular weight excluding hydrogens is 216 g/mol. The van der Waals surface area contributed by atoms with Crippen molar-refractivity contribution in [2.75, 3.05) is 25.1 Å². The Kier molecular flexibility index (Phi) is 5.07. The molecule has 0 aliphatic carbocycles. The summed E-state index contributed by atoms with van der Waals surface area (Å²) < 4.78 is 5.01. The van der Waals surface area contributed by atoms with Gasteiger partial charge >= 0.3 is 5.97 Å². The average molecular weight is 234 g/mol. The first kappa shape index (κ1) is 13.1. The SMILES string of the molecule is CC(N)=CC(=O)OCCN(C)c1ccccc1. The number of carbonyl (C=O) groups excluding carboxylic acids is 1. The first-order valence-corrected chi connectivity index (χ1v) is 5.46. The minimum Gasteiger partial charge on any atom is -0.461 e. The monoisotopic (exact) mass is 234 g/mol. The molecule has 2 N–H and O–H groups in total. The number of esters is 1. The molecule has 4 nitrogen and oxygen atoms in total. The van der Waals surface area contributed by atoms with E-state index in [1.54, 1.807) is 6.92 Å². The molecule has 1 rings (SSSR count). The van der Waals surface area contributed by atoms with Gasteiger partial charge in [0.2, 0.25) is 0 Å². The highest BCUT2D eigenvalue weighted by molar-refractivity contribution is 5.82. The van der Waals surface area contributed by atoms with Crippen molar-refractivity contribution < 1.29 is 9.53 Å². The maximum atomic E-state index is 11.2. The van der Waals surface area contributed by atoms with E-state index in [1.807, 2.05) is 42.3 Å². The van der Waals surface area contributed by atoms with Gasteiger partial charge in [-0.15, -0.1) is 0 Å². The van der Waals surface area contributed by atoms with Crippen LogP contribution >= 0.6 is 0 Å². The Bertz CT molecular complexity index is 384. The van der Waals surface area contributed by atoms with Crippen LogP contribution in [0.5, 0.6) is 0 Å². The molecule has 0 aromatic heterocycles. The fourth-order valence-electron chi connectivity index (χ4n) is 1.32. The van der Waals surface area contributed by atoms with Gasteiger partial charge in [0.15, 0.2) is 0 Å². The van der Waals surface area contributed by atoms with Gasteiger partial charge in [-0.3, -0.25) is 0 Å². The second-order valence-corrected chi connectivity index (χ2v) is 3.81. The Morgan fingerprint density at radius 1 is 1.41 bits per heavy atom. The van der Waals surface area contributed by atoms with Crippen molar-refractivity contribution >= 4 is 11.7 Å². The molecule has 1 aromatic rings. The third-order valence-electron chi connectivity index (χ3n) is 2.21. The Balaban J connectivity index is 2.32. The first-order chi connectivity index (χ1) is 8.09. The number of hydrogen-bond donors (Lipinski definition) is 1. The van der Waals surface area contributed by atoms with Crippen LogP contribution in [0.15, 0.2) is 42.1 Å². The summed E-state index contributed by atoms with van der Waals surface area (Å²) in [5.41, 5.74) is 6.91. The van der Waals surface area contributed by atoms with E-state index in [-0.39, 0.29) is 0 Å². The van der Waals surface area contributed by atoms with Crippen LogP contribution in [0.3, 0.4) is 0 Å². The highest BCUT2D eigenvalue weighted by atomic mass is 16.5. The summed E-state index contributed by atoms with van der Waals surface area (Å²) in [5, 5.41) is 0. The zero-order valence-electron chi connectivity index (χ0n) is 10.2. The Morgan fingerprint density at radius 2 is 2.06 bits per heavy atom. The van der Waals surface area contributed by atoms with Gasteiger partial charge < -0.3 is 15.4 Å². The van der Waals surface area contributed by atoms with Gasteiger partial charge in [-0.1, -0.05) is 18.2 Å². The minimum absolute atomic E-state index is 0.341. The lowest BCUT2D eigenvalue weighted by molar-refractivity contribution is -0.137. The van der Waals surface area contributed by atoms with E-state index in [1.165, 1.54) is 6.08 Å². The van der Waals surface area contributed by atoms with Gasteiger partial charge in [0.1, 0.15) is 6.61 Å². The van der Waals surface area contributed by atoms with Gasteiger partial charge in [0.25, 0.3) is 0 Å². The van der Waals surface area contributed by atoms with E-state index < -0.39 is 5.97 Å². The molecule has 0 amide bonds. The Morgan fingerprint density at radius 3 is 2.65 bits per heavy atom. The molecule has 17 heavy (non-hydrogen) atoms. The average Bonchev–Trinajstić information content (AvgIpc) is 2.29. The van der Waals surface area contributed by atoms with Crippen LogP contribution in [-0.2, 0) is 9.53 Å². The second-order valence-electron chi connectivity index (χ2n) is 3.81. The van der Waals surface area contributed by atoms with Gasteiger partial charge in [0.05, 0.1) is 6.54 Å². The number of hydrogen-bond acceptors (Lipinski definition) is 4. The fourth-order valence-corrected chi connectivity index (χ4v) is 1.32. The van der Waals surface area contributed by atoms with Crippen LogP contribution in [0, 0.1) is 0 Å². The summed E-state index contributed by atoms with van der Waals surface area (Å²) in [6, 6.07) is 9.92. The van der Waals surface area contributed by atoms with Crippen LogP contribution < -0.4 is 10.6 Å². The predicted molar refractivity (Wildman–Crippen MR) is 68.6 cm³/mol. The molecule has 0 saturated heterocycles. The second kappa shape index (κ2) is 6.58. The highest BCUT2D eigenvalue weighted by Crippen LogP contribution is 2.09. The van der Waals surface area contributed by atoms with Crippen molar-refractivity contribution in [1.82, 2.24) is 0 Å². The number of para-hydroxylation sites is 1. The van der Waals surface area contributed by atoms with E-state index in [2.05, 4.69) is 0 Å². The van der Waals surface area contributed by atoms with Gasteiger partial charge in [-0.05, 0) is 19.1 Å². The summed E-state index contributed by atoms with van der Waals surface area (Å²) in [6.45, 7) is 2.64. The summed E-state index contributed by atoms with van der Waals surface area (Å²) in [6.07, 6.45) is 1.28. The normalized spacial score (nSPS) is 11.1. The molecule has 0 atom stereocenters. The summed E-state index contributed by atoms with van der Waals surface area (Å²) >= 11 is 0. The zero-order valence-corrected chi connectivity index (χ0v) is 10.2. The van der Waals surface area contributed by atoms with Crippen molar-refractivity contribution in [3.8, 4) is 0 Å². The topological polar surface area (TPSA) is 55.6 Å². The maximum Gasteiger partial charge on any atom is 0.332 e. The number of nitrogens with zero attached hydrogens (tertiary/aromatic N) is 1. The summed E-state index contributed by atoms with van der Waals surface area (Å²) in [7, 11) is 1.95. The van der Waals surface area contributed by atoms with E-state index in [4.69, 9.17) is 10.5 Å². The Hall–Kier alpha value is -1.97. The lowest BCUT2D eigenvalue weighted by Crippen LogP contribution is -2.23. The largest absolute Gasteiger partial charge is 0.461 e. The van der Waals surface area contributed by atoms with E-state index in [9.17, 15) is 4.79 Å². The molecule has 0 aliphatic heterocycles. The molecule has 0 radical (unpaired) electrons. The molecule has 0 heterocycles. The van der Waals surface area contributed by atoms with E-state index >= 15 is 0 Å². The lowest BCUT2D eigenvalue weighted by atomic mass is 10.3. The first-order valence-electron chi connectivity index (χ1n) is 5.46. The number of rotatable bonds is 5. The molecular formula is C13H18N2O2. The molecule has 0 unspecified atom stereocenters. The number of allylic oxidation sites excluding steroid dienone is 1. The standard InChI is InChI=1S/C13H18N2O2/c1-11(14)10-13(16)17-9-8-15(2)12-6-4-3-5-7-12/h3-7,10H,8-9,14H2,1-2H3. The number of nitrogens with two attached hydrogens (primary N) is 1. The number of benzene rings is 1. The molecule has 0 fully saturated rings. The third kappa shape index (κ3) is 5.06. The Labute approximate surface area is 102 Å². The number of anilines is 1. The van der Waals surface area contributed by atoms with Crippen molar-refractivity contribution in [2.45, 2.75) is 6.92 Å². The van der Waals surface area contributed by atoms with Gasteiger partial charge in [-0.25, -0.2) is 4.79 Å². The smallest absolute Gasteiger partial charge is 0.332 e. The van der Waals surface area contributed by atoms with Crippen LogP contribution in [0.25, 0.3) is 0 Å². The van der Waals surface area contributed by atoms with Gasteiger partial charge in [0, 0.05) is 24.5 Å². The molecule has 92 valence electrons. The van der Waals surface area contributed by atoms with E-state index in [0.29, 0.717) is 18.8 Å². The maximum absolute atomic E-state index is 11.2. The highest BCUT2D eigenvalue weighted by Gasteiger charge is 2.02. The number of ether oxygens (including phenoxy) is 1. The van der Waals surface area contributed by atoms with Crippen LogP contribution in [0.4, 0.5) is 5.69 Å². The molecule has 0 aliphatic rings. The number of carbonyl (C=O) groups is 1. The van der Waals surface area contributed by atoms with Crippen LogP contribution in [0.1, 0.15) is 6.92 Å². The van der Waals surface area contributed by atoms with Crippen molar-refractivity contribution in [1.29, 1.82) is 0 Å². The quantitative estimate of drug-likeness (QED) is 0.620. The zero-order chi connectivity index (χ0) is 12.7. The fraction of sp³-hybridized carbons (Fsp3) is 0.308.